The van der Waals surface area contributed by atoms with Crippen molar-refractivity contribution in [3.63, 3.8) is 0 Å². The van der Waals surface area contributed by atoms with Crippen LogP contribution in [0.2, 0.25) is 0 Å². The van der Waals surface area contributed by atoms with Crippen LogP contribution in [0.1, 0.15) is 31.9 Å². The van der Waals surface area contributed by atoms with Gasteiger partial charge in [0, 0.05) is 25.1 Å². The van der Waals surface area contributed by atoms with Crippen LogP contribution in [0.15, 0.2) is 5.38 Å². The number of aromatic nitrogens is 1. The van der Waals surface area contributed by atoms with Gasteiger partial charge in [-0.25, -0.2) is 4.98 Å². The van der Waals surface area contributed by atoms with Crippen molar-refractivity contribution in [3.8, 4) is 0 Å². The van der Waals surface area contributed by atoms with E-state index in [9.17, 15) is 0 Å². The third-order valence-corrected chi connectivity index (χ3v) is 2.92. The summed E-state index contributed by atoms with van der Waals surface area (Å²) in [7, 11) is 0. The number of anilines is 1. The second-order valence-corrected chi connectivity index (χ2v) is 4.40. The Bertz CT molecular complexity index is 263. The van der Waals surface area contributed by atoms with Gasteiger partial charge in [-0.05, 0) is 19.8 Å². The van der Waals surface area contributed by atoms with Crippen LogP contribution in [-0.2, 0) is 4.74 Å². The highest BCUT2D eigenvalue weighted by atomic mass is 32.1. The normalized spacial score (nSPS) is 10.5. The summed E-state index contributed by atoms with van der Waals surface area (Å²) in [6.45, 7) is 6.87. The molecule has 0 saturated heterocycles. The molecule has 86 valence electrons. The predicted octanol–water partition coefficient (Wildman–Crippen LogP) is 3.07. The molecule has 0 amide bonds. The highest BCUT2D eigenvalue weighted by Crippen LogP contribution is 2.13. The van der Waals surface area contributed by atoms with Crippen molar-refractivity contribution in [2.45, 2.75) is 33.1 Å². The second-order valence-electron chi connectivity index (χ2n) is 3.54. The second kappa shape index (κ2) is 7.65. The zero-order valence-electron chi connectivity index (χ0n) is 9.58. The monoisotopic (exact) mass is 228 g/mol. The van der Waals surface area contributed by atoms with Crippen LogP contribution in [0.3, 0.4) is 0 Å². The van der Waals surface area contributed by atoms with Crippen molar-refractivity contribution in [1.29, 1.82) is 0 Å². The molecule has 1 rings (SSSR count). The number of nitrogens with one attached hydrogen (secondary N) is 1. The quantitative estimate of drug-likeness (QED) is 0.694. The van der Waals surface area contributed by atoms with Crippen molar-refractivity contribution in [2.75, 3.05) is 25.1 Å². The number of ether oxygens (including phenoxy) is 1. The van der Waals surface area contributed by atoms with Gasteiger partial charge in [0.15, 0.2) is 5.13 Å². The Kier molecular flexibility index (Phi) is 6.36. The summed E-state index contributed by atoms with van der Waals surface area (Å²) in [5.74, 6) is 0. The van der Waals surface area contributed by atoms with Gasteiger partial charge in [0.25, 0.3) is 0 Å². The number of thiazole rings is 1. The third-order valence-electron chi connectivity index (χ3n) is 2.00. The Morgan fingerprint density at radius 2 is 2.20 bits per heavy atom. The molecular weight excluding hydrogens is 208 g/mol. The molecule has 1 N–H and O–H groups in total. The largest absolute Gasteiger partial charge is 0.381 e. The van der Waals surface area contributed by atoms with Crippen LogP contribution in [0.25, 0.3) is 0 Å². The summed E-state index contributed by atoms with van der Waals surface area (Å²) >= 11 is 1.66. The summed E-state index contributed by atoms with van der Waals surface area (Å²) in [5.41, 5.74) is 1.08. The molecule has 0 aliphatic rings. The van der Waals surface area contributed by atoms with Crippen molar-refractivity contribution in [3.05, 3.63) is 11.1 Å². The van der Waals surface area contributed by atoms with E-state index in [4.69, 9.17) is 4.74 Å². The first-order valence-electron chi connectivity index (χ1n) is 5.56. The minimum Gasteiger partial charge on any atom is -0.381 e. The van der Waals surface area contributed by atoms with Crippen molar-refractivity contribution >= 4 is 16.5 Å². The molecule has 4 heteroatoms. The lowest BCUT2D eigenvalue weighted by Crippen LogP contribution is -2.06. The summed E-state index contributed by atoms with van der Waals surface area (Å²) in [4.78, 5) is 4.32. The lowest BCUT2D eigenvalue weighted by atomic mass is 10.4. The number of hydrogen-bond acceptors (Lipinski definition) is 4. The van der Waals surface area contributed by atoms with E-state index < -0.39 is 0 Å². The number of hydrogen-bond donors (Lipinski definition) is 1. The van der Waals surface area contributed by atoms with E-state index in [0.717, 1.165) is 37.0 Å². The first-order chi connectivity index (χ1) is 7.33. The zero-order chi connectivity index (χ0) is 10.9. The molecule has 1 heterocycles. The van der Waals surface area contributed by atoms with Crippen LogP contribution in [0.4, 0.5) is 5.13 Å². The fourth-order valence-electron chi connectivity index (χ4n) is 1.15. The Labute approximate surface area is 95.9 Å². The average molecular weight is 228 g/mol. The van der Waals surface area contributed by atoms with Crippen molar-refractivity contribution in [1.82, 2.24) is 4.98 Å². The van der Waals surface area contributed by atoms with Gasteiger partial charge in [-0.15, -0.1) is 11.3 Å². The third kappa shape index (κ3) is 5.74. The van der Waals surface area contributed by atoms with Gasteiger partial charge < -0.3 is 10.1 Å². The summed E-state index contributed by atoms with van der Waals surface area (Å²) in [5, 5.41) is 6.35. The topological polar surface area (TPSA) is 34.1 Å². The number of unbranched alkanes of at least 4 members (excludes halogenated alkanes) is 1. The highest BCUT2D eigenvalue weighted by Gasteiger charge is 1.96. The zero-order valence-corrected chi connectivity index (χ0v) is 10.4. The first-order valence-corrected chi connectivity index (χ1v) is 6.44. The maximum Gasteiger partial charge on any atom is 0.182 e. The van der Waals surface area contributed by atoms with Crippen LogP contribution in [0, 0.1) is 6.92 Å². The summed E-state index contributed by atoms with van der Waals surface area (Å²) in [6, 6.07) is 0. The van der Waals surface area contributed by atoms with Gasteiger partial charge >= 0.3 is 0 Å². The summed E-state index contributed by atoms with van der Waals surface area (Å²) in [6.07, 6.45) is 3.41. The lowest BCUT2D eigenvalue weighted by molar-refractivity contribution is 0.131. The molecular formula is C11H20N2OS. The van der Waals surface area contributed by atoms with E-state index in [1.54, 1.807) is 11.3 Å². The molecule has 0 saturated carbocycles. The van der Waals surface area contributed by atoms with E-state index in [1.165, 1.54) is 12.8 Å². The number of nitrogens with zero attached hydrogens (tertiary/aromatic N) is 1. The molecule has 0 spiro atoms. The molecule has 0 unspecified atom stereocenters. The summed E-state index contributed by atoms with van der Waals surface area (Å²) < 4.78 is 5.46. The molecule has 0 bridgehead atoms. The van der Waals surface area contributed by atoms with E-state index in [2.05, 4.69) is 22.6 Å². The lowest BCUT2D eigenvalue weighted by Gasteiger charge is -2.03. The molecule has 0 aliphatic heterocycles. The standard InChI is InChI=1S/C11H20N2OS/c1-3-4-7-14-8-5-6-12-11-13-10(2)9-15-11/h9H,3-8H2,1-2H3,(H,12,13). The minimum atomic E-state index is 0.845. The van der Waals surface area contributed by atoms with Crippen LogP contribution >= 0.6 is 11.3 Å². The minimum absolute atomic E-state index is 0.845. The predicted molar refractivity (Wildman–Crippen MR) is 65.7 cm³/mol. The Morgan fingerprint density at radius 3 is 2.87 bits per heavy atom. The molecule has 0 atom stereocenters. The maximum atomic E-state index is 5.46. The Balaban J connectivity index is 1.93. The molecule has 1 aromatic rings. The van der Waals surface area contributed by atoms with Gasteiger partial charge in [-0.1, -0.05) is 13.3 Å². The molecule has 0 aromatic carbocycles. The van der Waals surface area contributed by atoms with E-state index in [0.29, 0.717) is 0 Å². The molecule has 1 aromatic heterocycles. The molecule has 0 radical (unpaired) electrons. The highest BCUT2D eigenvalue weighted by molar-refractivity contribution is 7.13. The smallest absolute Gasteiger partial charge is 0.182 e. The fourth-order valence-corrected chi connectivity index (χ4v) is 1.87. The van der Waals surface area contributed by atoms with Gasteiger partial charge in [-0.2, -0.15) is 0 Å². The molecule has 0 fully saturated rings. The number of aryl methyl sites for hydroxylation is 1. The van der Waals surface area contributed by atoms with E-state index >= 15 is 0 Å². The SMILES string of the molecule is CCCCOCCCNc1nc(C)cs1. The first kappa shape index (κ1) is 12.5. The molecule has 3 nitrogen and oxygen atoms in total. The van der Waals surface area contributed by atoms with Gasteiger partial charge in [0.05, 0.1) is 5.69 Å². The Morgan fingerprint density at radius 1 is 1.40 bits per heavy atom. The van der Waals surface area contributed by atoms with Crippen LogP contribution < -0.4 is 5.32 Å². The van der Waals surface area contributed by atoms with E-state index in [1.807, 2.05) is 6.92 Å². The number of rotatable bonds is 8. The van der Waals surface area contributed by atoms with Crippen molar-refractivity contribution < 1.29 is 4.74 Å². The Hall–Kier alpha value is -0.610. The van der Waals surface area contributed by atoms with Crippen LogP contribution in [0.5, 0.6) is 0 Å². The van der Waals surface area contributed by atoms with Crippen molar-refractivity contribution in [2.24, 2.45) is 0 Å². The van der Waals surface area contributed by atoms with Gasteiger partial charge in [0.2, 0.25) is 0 Å². The van der Waals surface area contributed by atoms with E-state index in [-0.39, 0.29) is 0 Å². The molecule has 0 aliphatic carbocycles. The fraction of sp³-hybridized carbons (Fsp3) is 0.727. The van der Waals surface area contributed by atoms with Gasteiger partial charge in [0.1, 0.15) is 0 Å². The van der Waals surface area contributed by atoms with Crippen LogP contribution in [-0.4, -0.2) is 24.7 Å². The average Bonchev–Trinajstić information content (AvgIpc) is 2.63. The van der Waals surface area contributed by atoms with Gasteiger partial charge in [-0.3, -0.25) is 0 Å². The molecule has 15 heavy (non-hydrogen) atoms. The maximum absolute atomic E-state index is 5.46.